The Morgan fingerprint density at radius 3 is 2.78 bits per heavy atom. The summed E-state index contributed by atoms with van der Waals surface area (Å²) in [5.74, 6) is 0.419. The van der Waals surface area contributed by atoms with E-state index in [1.165, 1.54) is 11.1 Å². The van der Waals surface area contributed by atoms with Gasteiger partial charge in [0.05, 0.1) is 22.9 Å². The molecule has 2 N–H and O–H groups in total. The molecule has 1 fully saturated rings. The van der Waals surface area contributed by atoms with Crippen LogP contribution in [-0.2, 0) is 23.9 Å². The van der Waals surface area contributed by atoms with Gasteiger partial charge in [0.15, 0.2) is 5.65 Å². The number of nitriles is 1. The van der Waals surface area contributed by atoms with Gasteiger partial charge in [0, 0.05) is 30.2 Å². The van der Waals surface area contributed by atoms with Crippen LogP contribution in [0.5, 0.6) is 0 Å². The third-order valence-corrected chi connectivity index (χ3v) is 7.41. The molecule has 1 aliphatic heterocycles. The minimum absolute atomic E-state index is 0.0609. The van der Waals surface area contributed by atoms with Gasteiger partial charge >= 0.3 is 0 Å². The zero-order valence-corrected chi connectivity index (χ0v) is 20.7. The van der Waals surface area contributed by atoms with Gasteiger partial charge < -0.3 is 10.6 Å². The number of hydrogen-bond donors (Lipinski definition) is 2. The van der Waals surface area contributed by atoms with Gasteiger partial charge in [-0.15, -0.1) is 0 Å². The predicted octanol–water partition coefficient (Wildman–Crippen LogP) is 3.68. The Bertz CT molecular complexity index is 1600. The molecule has 2 aliphatic rings. The highest BCUT2D eigenvalue weighted by atomic mass is 16.1. The van der Waals surface area contributed by atoms with Crippen LogP contribution in [0.1, 0.15) is 50.4 Å². The number of pyridine rings is 1. The minimum Gasteiger partial charge on any atom is -0.324 e. The minimum atomic E-state index is -0.519. The smallest absolute Gasteiger partial charge is 0.278 e. The molecule has 0 unspecified atom stereocenters. The Hall–Kier alpha value is -4.03. The van der Waals surface area contributed by atoms with Crippen LogP contribution in [0.25, 0.3) is 16.7 Å². The van der Waals surface area contributed by atoms with Crippen molar-refractivity contribution in [2.45, 2.75) is 57.5 Å². The third-order valence-electron chi connectivity index (χ3n) is 7.41. The maximum atomic E-state index is 13.2. The lowest BCUT2D eigenvalue weighted by molar-refractivity contribution is 0.382. The van der Waals surface area contributed by atoms with E-state index < -0.39 is 5.41 Å². The fraction of sp³-hybridized carbons (Fsp3) is 0.370. The first kappa shape index (κ1) is 22.4. The van der Waals surface area contributed by atoms with Crippen LogP contribution in [0.4, 0.5) is 11.6 Å². The number of fused-ring (bicyclic) bond motifs is 2. The summed E-state index contributed by atoms with van der Waals surface area (Å²) in [6.07, 6.45) is 5.85. The molecule has 9 nitrogen and oxygen atoms in total. The summed E-state index contributed by atoms with van der Waals surface area (Å²) in [6.45, 7) is 7.71. The van der Waals surface area contributed by atoms with Gasteiger partial charge in [-0.05, 0) is 82.0 Å². The molecule has 1 aliphatic carbocycles. The van der Waals surface area contributed by atoms with Crippen molar-refractivity contribution in [2.24, 2.45) is 0 Å². The molecule has 1 aromatic carbocycles. The molecule has 0 amide bonds. The number of anilines is 2. The molecular formula is C27H28N8O. The highest BCUT2D eigenvalue weighted by Crippen LogP contribution is 2.46. The van der Waals surface area contributed by atoms with E-state index in [4.69, 9.17) is 4.98 Å². The molecule has 9 heteroatoms. The highest BCUT2D eigenvalue weighted by Gasteiger charge is 2.46. The first-order chi connectivity index (χ1) is 17.3. The van der Waals surface area contributed by atoms with Crippen LogP contribution < -0.4 is 16.2 Å². The zero-order chi connectivity index (χ0) is 25.1. The zero-order valence-electron chi connectivity index (χ0n) is 20.7. The van der Waals surface area contributed by atoms with Gasteiger partial charge in [0.25, 0.3) is 5.56 Å². The lowest BCUT2D eigenvalue weighted by atomic mass is 9.85. The number of nitrogens with zero attached hydrogens (tertiary/aromatic N) is 6. The van der Waals surface area contributed by atoms with Crippen molar-refractivity contribution in [1.29, 1.82) is 5.26 Å². The molecule has 6 rings (SSSR count). The summed E-state index contributed by atoms with van der Waals surface area (Å²) in [5.41, 5.74) is 4.78. The molecule has 0 bridgehead atoms. The van der Waals surface area contributed by atoms with Crippen LogP contribution in [0.15, 0.2) is 47.5 Å². The van der Waals surface area contributed by atoms with E-state index in [9.17, 15) is 10.1 Å². The summed E-state index contributed by atoms with van der Waals surface area (Å²) in [6, 6.07) is 12.5. The summed E-state index contributed by atoms with van der Waals surface area (Å²) in [5, 5.41) is 17.0. The normalized spacial score (nSPS) is 17.4. The fourth-order valence-electron chi connectivity index (χ4n) is 5.22. The summed E-state index contributed by atoms with van der Waals surface area (Å²) < 4.78 is 3.45. The van der Waals surface area contributed by atoms with Crippen molar-refractivity contribution in [2.75, 3.05) is 11.9 Å². The molecular weight excluding hydrogens is 452 g/mol. The summed E-state index contributed by atoms with van der Waals surface area (Å²) in [4.78, 5) is 26.8. The summed E-state index contributed by atoms with van der Waals surface area (Å²) >= 11 is 0. The van der Waals surface area contributed by atoms with Gasteiger partial charge in [0.1, 0.15) is 5.39 Å². The summed E-state index contributed by atoms with van der Waals surface area (Å²) in [7, 11) is 0. The molecule has 182 valence electrons. The SMILES string of the molecule is CCn1c(=O)c2cnc(Nc3ccc4c(c3)CCNC4(C)C)nc2n1-c1ccnc(C2(C#N)CC2)c1. The second-order valence-electron chi connectivity index (χ2n) is 10.2. The van der Waals surface area contributed by atoms with E-state index in [1.807, 2.05) is 29.8 Å². The molecule has 4 aromatic rings. The Morgan fingerprint density at radius 2 is 2.03 bits per heavy atom. The number of aromatic nitrogens is 5. The molecule has 0 atom stereocenters. The topological polar surface area (TPSA) is 113 Å². The maximum absolute atomic E-state index is 13.2. The number of rotatable bonds is 5. The average molecular weight is 481 g/mol. The fourth-order valence-corrected chi connectivity index (χ4v) is 5.22. The number of nitrogens with one attached hydrogen (secondary N) is 2. The van der Waals surface area contributed by atoms with Crippen molar-refractivity contribution < 1.29 is 0 Å². The first-order valence-corrected chi connectivity index (χ1v) is 12.4. The quantitative estimate of drug-likeness (QED) is 0.448. The van der Waals surface area contributed by atoms with E-state index in [2.05, 4.69) is 52.7 Å². The second kappa shape index (κ2) is 8.00. The highest BCUT2D eigenvalue weighted by molar-refractivity contribution is 5.77. The van der Waals surface area contributed by atoms with Gasteiger partial charge in [0.2, 0.25) is 5.95 Å². The first-order valence-electron chi connectivity index (χ1n) is 12.4. The molecule has 0 radical (unpaired) electrons. The van der Waals surface area contributed by atoms with Crippen LogP contribution in [0.2, 0.25) is 0 Å². The molecule has 0 saturated heterocycles. The van der Waals surface area contributed by atoms with Crippen LogP contribution in [0, 0.1) is 11.3 Å². The Balaban J connectivity index is 1.42. The van der Waals surface area contributed by atoms with E-state index in [-0.39, 0.29) is 11.1 Å². The second-order valence-corrected chi connectivity index (χ2v) is 10.2. The van der Waals surface area contributed by atoms with Gasteiger partial charge in [-0.1, -0.05) is 6.07 Å². The van der Waals surface area contributed by atoms with Crippen molar-refractivity contribution in [3.05, 3.63) is 69.9 Å². The van der Waals surface area contributed by atoms with E-state index in [0.717, 1.165) is 42.9 Å². The van der Waals surface area contributed by atoms with Crippen molar-refractivity contribution in [3.63, 3.8) is 0 Å². The number of hydrogen-bond acceptors (Lipinski definition) is 7. The lowest BCUT2D eigenvalue weighted by Crippen LogP contribution is -2.42. The molecule has 36 heavy (non-hydrogen) atoms. The Labute approximate surface area is 208 Å². The van der Waals surface area contributed by atoms with E-state index in [1.54, 1.807) is 17.1 Å². The van der Waals surface area contributed by atoms with E-state index >= 15 is 0 Å². The van der Waals surface area contributed by atoms with Gasteiger partial charge in [-0.2, -0.15) is 10.2 Å². The number of benzene rings is 1. The Kier molecular flexibility index (Phi) is 4.99. The van der Waals surface area contributed by atoms with E-state index in [0.29, 0.717) is 23.5 Å². The van der Waals surface area contributed by atoms with Gasteiger partial charge in [-0.25, -0.2) is 14.3 Å². The van der Waals surface area contributed by atoms with Crippen molar-refractivity contribution >= 4 is 22.7 Å². The molecule has 0 spiro atoms. The van der Waals surface area contributed by atoms with Gasteiger partial charge in [-0.3, -0.25) is 9.78 Å². The van der Waals surface area contributed by atoms with Crippen LogP contribution in [0.3, 0.4) is 0 Å². The van der Waals surface area contributed by atoms with Crippen molar-refractivity contribution in [1.82, 2.24) is 29.6 Å². The molecule has 4 heterocycles. The lowest BCUT2D eigenvalue weighted by Gasteiger charge is -2.34. The Morgan fingerprint density at radius 1 is 1.19 bits per heavy atom. The largest absolute Gasteiger partial charge is 0.324 e. The van der Waals surface area contributed by atoms with Crippen molar-refractivity contribution in [3.8, 4) is 11.8 Å². The van der Waals surface area contributed by atoms with Crippen LogP contribution >= 0.6 is 0 Å². The maximum Gasteiger partial charge on any atom is 0.278 e. The van der Waals surface area contributed by atoms with Crippen LogP contribution in [-0.4, -0.2) is 30.9 Å². The standard InChI is InChI=1S/C27H28N8O/c1-4-34-24(36)20-15-30-25(32-18-5-6-21-17(13-18)7-12-31-26(21,2)3)33-23(20)35(34)19-8-11-29-22(14-19)27(16-28)9-10-27/h5-6,8,11,13-15,31H,4,7,9-10,12H2,1-3H3,(H,30,32,33). The third kappa shape index (κ3) is 3.48. The predicted molar refractivity (Wildman–Crippen MR) is 138 cm³/mol. The molecule has 1 saturated carbocycles. The molecule has 3 aromatic heterocycles. The average Bonchev–Trinajstić information content (AvgIpc) is 3.63. The monoisotopic (exact) mass is 480 g/mol.